The molecule has 1 rings (SSSR count). The Kier molecular flexibility index (Phi) is 3.25. The summed E-state index contributed by atoms with van der Waals surface area (Å²) in [5.74, 6) is 0. The molecule has 0 radical (unpaired) electrons. The van der Waals surface area contributed by atoms with Gasteiger partial charge in [0, 0.05) is 5.69 Å². The zero-order valence-electron chi connectivity index (χ0n) is 7.92. The third-order valence-corrected chi connectivity index (χ3v) is 2.01. The van der Waals surface area contributed by atoms with Crippen LogP contribution in [0.1, 0.15) is 18.1 Å². The van der Waals surface area contributed by atoms with E-state index in [1.165, 1.54) is 11.1 Å². The van der Waals surface area contributed by atoms with E-state index in [4.69, 9.17) is 18.0 Å². The Balaban J connectivity index is 3.01. The van der Waals surface area contributed by atoms with Gasteiger partial charge in [-0.25, -0.2) is 0 Å². The monoisotopic (exact) mass is 194 g/mol. The summed E-state index contributed by atoms with van der Waals surface area (Å²) in [5.41, 5.74) is 8.88. The minimum Gasteiger partial charge on any atom is -0.376 e. The van der Waals surface area contributed by atoms with Gasteiger partial charge < -0.3 is 11.1 Å². The fraction of sp³-hybridized carbons (Fsp3) is 0.300. The highest BCUT2D eigenvalue weighted by Gasteiger charge is 2.00. The maximum atomic E-state index is 5.42. The first-order chi connectivity index (χ1) is 6.13. The Labute approximate surface area is 84.1 Å². The van der Waals surface area contributed by atoms with Crippen LogP contribution in [0.5, 0.6) is 0 Å². The first kappa shape index (κ1) is 9.99. The van der Waals surface area contributed by atoms with E-state index < -0.39 is 0 Å². The Morgan fingerprint density at radius 2 is 2.23 bits per heavy atom. The van der Waals surface area contributed by atoms with E-state index in [1.54, 1.807) is 0 Å². The predicted octanol–water partition coefficient (Wildman–Crippen LogP) is 2.21. The molecule has 13 heavy (non-hydrogen) atoms. The van der Waals surface area contributed by atoms with Crippen LogP contribution in [-0.4, -0.2) is 5.11 Å². The first-order valence-electron chi connectivity index (χ1n) is 4.29. The maximum absolute atomic E-state index is 5.42. The number of anilines is 1. The number of nitrogens with two attached hydrogens (primary N) is 1. The average Bonchev–Trinajstić information content (AvgIpc) is 2.03. The third kappa shape index (κ3) is 2.70. The number of hydrogen-bond acceptors (Lipinski definition) is 1. The highest BCUT2D eigenvalue weighted by Crippen LogP contribution is 2.17. The Bertz CT molecular complexity index is 321. The fourth-order valence-electron chi connectivity index (χ4n) is 1.25. The molecule has 0 amide bonds. The van der Waals surface area contributed by atoms with Gasteiger partial charge in [-0.1, -0.05) is 19.1 Å². The predicted molar refractivity (Wildman–Crippen MR) is 61.0 cm³/mol. The van der Waals surface area contributed by atoms with Crippen molar-refractivity contribution in [2.45, 2.75) is 20.3 Å². The number of aryl methyl sites for hydroxylation is 2. The van der Waals surface area contributed by atoms with Crippen LogP contribution in [-0.2, 0) is 6.42 Å². The highest BCUT2D eigenvalue weighted by atomic mass is 32.1. The molecule has 3 heteroatoms. The van der Waals surface area contributed by atoms with Gasteiger partial charge in [0.15, 0.2) is 5.11 Å². The van der Waals surface area contributed by atoms with Crippen molar-refractivity contribution >= 4 is 23.0 Å². The lowest BCUT2D eigenvalue weighted by Crippen LogP contribution is -2.19. The number of rotatable bonds is 2. The lowest BCUT2D eigenvalue weighted by atomic mass is 10.1. The lowest BCUT2D eigenvalue weighted by Gasteiger charge is -2.09. The number of nitrogens with one attached hydrogen (secondary N) is 1. The van der Waals surface area contributed by atoms with Crippen LogP contribution in [0.25, 0.3) is 0 Å². The summed E-state index contributed by atoms with van der Waals surface area (Å²) in [6, 6.07) is 6.23. The van der Waals surface area contributed by atoms with Crippen LogP contribution in [0.3, 0.4) is 0 Å². The molecule has 70 valence electrons. The Hall–Kier alpha value is -1.09. The van der Waals surface area contributed by atoms with Crippen LogP contribution >= 0.6 is 12.2 Å². The minimum atomic E-state index is 0.320. The van der Waals surface area contributed by atoms with Gasteiger partial charge in [0.25, 0.3) is 0 Å². The van der Waals surface area contributed by atoms with Gasteiger partial charge in [-0.2, -0.15) is 0 Å². The van der Waals surface area contributed by atoms with Gasteiger partial charge in [0.2, 0.25) is 0 Å². The molecule has 0 heterocycles. The summed E-state index contributed by atoms with van der Waals surface area (Å²) in [6.07, 6.45) is 0.977. The highest BCUT2D eigenvalue weighted by molar-refractivity contribution is 7.80. The van der Waals surface area contributed by atoms with E-state index in [2.05, 4.69) is 30.4 Å². The van der Waals surface area contributed by atoms with Crippen molar-refractivity contribution in [3.63, 3.8) is 0 Å². The van der Waals surface area contributed by atoms with E-state index in [-0.39, 0.29) is 0 Å². The topological polar surface area (TPSA) is 38.0 Å². The number of benzene rings is 1. The molecule has 0 bridgehead atoms. The fourth-order valence-corrected chi connectivity index (χ4v) is 1.36. The van der Waals surface area contributed by atoms with Crippen LogP contribution < -0.4 is 11.1 Å². The van der Waals surface area contributed by atoms with Crippen molar-refractivity contribution in [3.8, 4) is 0 Å². The summed E-state index contributed by atoms with van der Waals surface area (Å²) < 4.78 is 0. The molecule has 0 aliphatic heterocycles. The van der Waals surface area contributed by atoms with Crippen LogP contribution in [0.2, 0.25) is 0 Å². The summed E-state index contributed by atoms with van der Waals surface area (Å²) in [5, 5.41) is 3.29. The van der Waals surface area contributed by atoms with Crippen molar-refractivity contribution in [1.82, 2.24) is 0 Å². The SMILES string of the molecule is CCc1ccc(C)cc1NC(N)=S. The van der Waals surface area contributed by atoms with E-state index in [0.717, 1.165) is 12.1 Å². The Morgan fingerprint density at radius 3 is 2.77 bits per heavy atom. The lowest BCUT2D eigenvalue weighted by molar-refractivity contribution is 1.14. The molecule has 0 saturated heterocycles. The molecule has 0 atom stereocenters. The smallest absolute Gasteiger partial charge is 0.168 e. The van der Waals surface area contributed by atoms with Gasteiger partial charge in [-0.15, -0.1) is 0 Å². The molecule has 0 unspecified atom stereocenters. The van der Waals surface area contributed by atoms with Crippen molar-refractivity contribution in [2.24, 2.45) is 5.73 Å². The molecule has 0 saturated carbocycles. The standard InChI is InChI=1S/C10H14N2S/c1-3-8-5-4-7(2)6-9(8)12-10(11)13/h4-6H,3H2,1-2H3,(H3,11,12,13). The molecule has 0 spiro atoms. The molecule has 0 fully saturated rings. The molecule has 1 aromatic carbocycles. The second-order valence-electron chi connectivity index (χ2n) is 3.00. The average molecular weight is 194 g/mol. The normalized spacial score (nSPS) is 9.69. The molecule has 2 nitrogen and oxygen atoms in total. The zero-order chi connectivity index (χ0) is 9.84. The van der Waals surface area contributed by atoms with Gasteiger partial charge in [0.1, 0.15) is 0 Å². The van der Waals surface area contributed by atoms with E-state index in [1.807, 2.05) is 6.92 Å². The molecule has 0 aliphatic carbocycles. The van der Waals surface area contributed by atoms with Crippen LogP contribution in [0.4, 0.5) is 5.69 Å². The van der Waals surface area contributed by atoms with Gasteiger partial charge >= 0.3 is 0 Å². The van der Waals surface area contributed by atoms with Crippen molar-refractivity contribution < 1.29 is 0 Å². The minimum absolute atomic E-state index is 0.320. The van der Waals surface area contributed by atoms with Crippen molar-refractivity contribution in [3.05, 3.63) is 29.3 Å². The summed E-state index contributed by atoms with van der Waals surface area (Å²) in [4.78, 5) is 0. The van der Waals surface area contributed by atoms with Gasteiger partial charge in [-0.05, 0) is 42.8 Å². The van der Waals surface area contributed by atoms with Crippen molar-refractivity contribution in [2.75, 3.05) is 5.32 Å². The molecular weight excluding hydrogens is 180 g/mol. The summed E-state index contributed by atoms with van der Waals surface area (Å²) in [6.45, 7) is 4.15. The largest absolute Gasteiger partial charge is 0.376 e. The zero-order valence-corrected chi connectivity index (χ0v) is 8.74. The molecule has 0 aromatic heterocycles. The maximum Gasteiger partial charge on any atom is 0.168 e. The van der Waals surface area contributed by atoms with E-state index in [0.29, 0.717) is 5.11 Å². The molecule has 0 aliphatic rings. The van der Waals surface area contributed by atoms with Gasteiger partial charge in [-0.3, -0.25) is 0 Å². The van der Waals surface area contributed by atoms with Crippen LogP contribution in [0.15, 0.2) is 18.2 Å². The second kappa shape index (κ2) is 4.23. The van der Waals surface area contributed by atoms with E-state index in [9.17, 15) is 0 Å². The van der Waals surface area contributed by atoms with Crippen molar-refractivity contribution in [1.29, 1.82) is 0 Å². The summed E-state index contributed by atoms with van der Waals surface area (Å²) >= 11 is 4.80. The first-order valence-corrected chi connectivity index (χ1v) is 4.70. The van der Waals surface area contributed by atoms with Crippen LogP contribution in [0, 0.1) is 6.92 Å². The van der Waals surface area contributed by atoms with E-state index >= 15 is 0 Å². The molecule has 1 aromatic rings. The molecular formula is C10H14N2S. The summed E-state index contributed by atoms with van der Waals surface area (Å²) in [7, 11) is 0. The second-order valence-corrected chi connectivity index (χ2v) is 3.44. The number of thiocarbonyl (C=S) groups is 1. The Morgan fingerprint density at radius 1 is 1.54 bits per heavy atom. The van der Waals surface area contributed by atoms with Gasteiger partial charge in [0.05, 0.1) is 0 Å². The number of hydrogen-bond donors (Lipinski definition) is 2. The molecule has 3 N–H and O–H groups in total. The third-order valence-electron chi connectivity index (χ3n) is 1.90. The quantitative estimate of drug-likeness (QED) is 0.709.